The molecule has 4 aromatic carbocycles. The van der Waals surface area contributed by atoms with Crippen LogP contribution in [0.4, 0.5) is 5.69 Å². The van der Waals surface area contributed by atoms with Crippen molar-refractivity contribution in [1.82, 2.24) is 5.43 Å². The van der Waals surface area contributed by atoms with Crippen LogP contribution in [0.1, 0.15) is 11.1 Å². The smallest absolute Gasteiger partial charge is 0.259 e. The van der Waals surface area contributed by atoms with Gasteiger partial charge in [-0.1, -0.05) is 64.5 Å². The largest absolute Gasteiger partial charge is 0.487 e. The van der Waals surface area contributed by atoms with Crippen LogP contribution in [0.3, 0.4) is 0 Å². The molecule has 0 aliphatic carbocycles. The summed E-state index contributed by atoms with van der Waals surface area (Å²) in [5, 5.41) is 9.44. The fraction of sp³-hybridized carbons (Fsp3) is 0.0769. The van der Waals surface area contributed by atoms with Crippen LogP contribution in [-0.4, -0.2) is 18.7 Å². The highest BCUT2D eigenvalue weighted by molar-refractivity contribution is 9.11. The fourth-order valence-corrected chi connectivity index (χ4v) is 5.02. The molecule has 0 aliphatic heterocycles. The maximum Gasteiger partial charge on any atom is 0.259 e. The Bertz CT molecular complexity index is 1310. The molecule has 8 heteroatoms. The molecule has 4 aromatic rings. The van der Waals surface area contributed by atoms with Crippen molar-refractivity contribution in [2.75, 3.05) is 11.9 Å². The number of rotatable bonds is 8. The summed E-state index contributed by atoms with van der Waals surface area (Å²) in [6, 6.07) is 25.7. The molecule has 172 valence electrons. The lowest BCUT2D eigenvalue weighted by Crippen LogP contribution is -2.25. The normalized spacial score (nSPS) is 11.0. The molecule has 4 rings (SSSR count). The lowest BCUT2D eigenvalue weighted by Gasteiger charge is -2.11. The van der Waals surface area contributed by atoms with Crippen molar-refractivity contribution in [3.63, 3.8) is 0 Å². The standard InChI is InChI=1S/C26H20Br3N3O2/c27-20-10-8-17(9-11-20)16-34-26-22(28)12-18(13-23(26)29)14-31-32-25(33)15-30-24-7-3-5-19-4-1-2-6-21(19)24/h1-14,30H,15-16H2,(H,32,33)/b31-14-. The van der Waals surface area contributed by atoms with Gasteiger partial charge in [-0.25, -0.2) is 5.43 Å². The second-order valence-electron chi connectivity index (χ2n) is 7.40. The van der Waals surface area contributed by atoms with Gasteiger partial charge in [0.05, 0.1) is 21.7 Å². The maximum atomic E-state index is 12.2. The molecule has 1 amide bonds. The number of anilines is 1. The Labute approximate surface area is 223 Å². The summed E-state index contributed by atoms with van der Waals surface area (Å²) in [7, 11) is 0. The number of carbonyl (C=O) groups is 1. The zero-order chi connectivity index (χ0) is 23.9. The van der Waals surface area contributed by atoms with E-state index in [1.807, 2.05) is 78.9 Å². The summed E-state index contributed by atoms with van der Waals surface area (Å²) in [6.07, 6.45) is 1.59. The molecular weight excluding hydrogens is 626 g/mol. The van der Waals surface area contributed by atoms with E-state index >= 15 is 0 Å². The predicted octanol–water partition coefficient (Wildman–Crippen LogP) is 7.27. The van der Waals surface area contributed by atoms with E-state index < -0.39 is 0 Å². The Kier molecular flexibility index (Phi) is 8.37. The van der Waals surface area contributed by atoms with Crippen molar-refractivity contribution < 1.29 is 9.53 Å². The van der Waals surface area contributed by atoms with Crippen LogP contribution in [0.5, 0.6) is 5.75 Å². The van der Waals surface area contributed by atoms with Crippen molar-refractivity contribution in [2.45, 2.75) is 6.61 Å². The first-order valence-electron chi connectivity index (χ1n) is 10.4. The second kappa shape index (κ2) is 11.6. The monoisotopic (exact) mass is 643 g/mol. The highest BCUT2D eigenvalue weighted by Gasteiger charge is 2.09. The first-order valence-corrected chi connectivity index (χ1v) is 12.8. The van der Waals surface area contributed by atoms with E-state index in [2.05, 4.69) is 63.6 Å². The van der Waals surface area contributed by atoms with Crippen LogP contribution < -0.4 is 15.5 Å². The maximum absolute atomic E-state index is 12.2. The summed E-state index contributed by atoms with van der Waals surface area (Å²) >= 11 is 10.5. The van der Waals surface area contributed by atoms with Crippen molar-refractivity contribution in [1.29, 1.82) is 0 Å². The number of hydrazone groups is 1. The number of hydrogen-bond acceptors (Lipinski definition) is 4. The second-order valence-corrected chi connectivity index (χ2v) is 10.0. The lowest BCUT2D eigenvalue weighted by molar-refractivity contribution is -0.119. The van der Waals surface area contributed by atoms with Crippen molar-refractivity contribution in [3.8, 4) is 5.75 Å². The van der Waals surface area contributed by atoms with Crippen LogP contribution in [0.25, 0.3) is 10.8 Å². The Balaban J connectivity index is 1.32. The van der Waals surface area contributed by atoms with Gasteiger partial charge in [0.2, 0.25) is 0 Å². The number of nitrogens with zero attached hydrogens (tertiary/aromatic N) is 1. The molecule has 0 aliphatic rings. The number of halogens is 3. The zero-order valence-corrected chi connectivity index (χ0v) is 22.7. The Hall–Kier alpha value is -2.68. The number of carbonyl (C=O) groups excluding carboxylic acids is 1. The van der Waals surface area contributed by atoms with Gasteiger partial charge in [0.1, 0.15) is 12.4 Å². The lowest BCUT2D eigenvalue weighted by atomic mass is 10.1. The summed E-state index contributed by atoms with van der Waals surface area (Å²) in [5.74, 6) is 0.458. The third-order valence-electron chi connectivity index (χ3n) is 4.95. The van der Waals surface area contributed by atoms with E-state index in [4.69, 9.17) is 4.74 Å². The molecule has 0 fully saturated rings. The SMILES string of the molecule is O=C(CNc1cccc2ccccc12)N/N=C\c1cc(Br)c(OCc2ccc(Br)cc2)c(Br)c1. The molecule has 0 aromatic heterocycles. The van der Waals surface area contributed by atoms with Crippen LogP contribution in [0.15, 0.2) is 97.4 Å². The molecule has 0 atom stereocenters. The van der Waals surface area contributed by atoms with Gasteiger partial charge in [0, 0.05) is 15.5 Å². The van der Waals surface area contributed by atoms with Gasteiger partial charge in [-0.15, -0.1) is 0 Å². The number of fused-ring (bicyclic) bond motifs is 1. The molecule has 0 saturated carbocycles. The third-order valence-corrected chi connectivity index (χ3v) is 6.66. The summed E-state index contributed by atoms with van der Waals surface area (Å²) in [4.78, 5) is 12.2. The first kappa shape index (κ1) is 24.4. The topological polar surface area (TPSA) is 62.7 Å². The molecule has 0 heterocycles. The van der Waals surface area contributed by atoms with Crippen molar-refractivity contribution in [3.05, 3.63) is 103 Å². The van der Waals surface area contributed by atoms with Gasteiger partial charge in [-0.05, 0) is 78.7 Å². The minimum Gasteiger partial charge on any atom is -0.487 e. The van der Waals surface area contributed by atoms with Crippen molar-refractivity contribution >= 4 is 76.4 Å². The average molecular weight is 646 g/mol. The summed E-state index contributed by atoms with van der Waals surface area (Å²) in [5.41, 5.74) is 5.33. The van der Waals surface area contributed by atoms with Gasteiger partial charge < -0.3 is 10.1 Å². The number of amides is 1. The Morgan fingerprint density at radius 3 is 2.38 bits per heavy atom. The van der Waals surface area contributed by atoms with Crippen molar-refractivity contribution in [2.24, 2.45) is 5.10 Å². The Morgan fingerprint density at radius 1 is 0.912 bits per heavy atom. The first-order chi connectivity index (χ1) is 16.5. The molecular formula is C26H20Br3N3O2. The number of hydrogen-bond donors (Lipinski definition) is 2. The Morgan fingerprint density at radius 2 is 1.62 bits per heavy atom. The highest BCUT2D eigenvalue weighted by atomic mass is 79.9. The van der Waals surface area contributed by atoms with Gasteiger partial charge >= 0.3 is 0 Å². The quantitative estimate of drug-likeness (QED) is 0.157. The zero-order valence-electron chi connectivity index (χ0n) is 17.9. The molecule has 0 bridgehead atoms. The fourth-order valence-electron chi connectivity index (χ4n) is 3.30. The summed E-state index contributed by atoms with van der Waals surface area (Å²) < 4.78 is 8.55. The van der Waals surface area contributed by atoms with E-state index in [9.17, 15) is 4.79 Å². The number of ether oxygens (including phenoxy) is 1. The minimum absolute atomic E-state index is 0.113. The van der Waals surface area contributed by atoms with Gasteiger partial charge in [0.25, 0.3) is 5.91 Å². The van der Waals surface area contributed by atoms with Gasteiger partial charge in [0.15, 0.2) is 0 Å². The van der Waals surface area contributed by atoms with Gasteiger partial charge in [-0.3, -0.25) is 4.79 Å². The minimum atomic E-state index is -0.239. The molecule has 0 unspecified atom stereocenters. The molecule has 0 spiro atoms. The predicted molar refractivity (Wildman–Crippen MR) is 148 cm³/mol. The summed E-state index contributed by atoms with van der Waals surface area (Å²) in [6.45, 7) is 0.555. The number of nitrogens with one attached hydrogen (secondary N) is 2. The molecule has 0 radical (unpaired) electrons. The van der Waals surface area contributed by atoms with E-state index in [-0.39, 0.29) is 12.5 Å². The van der Waals surface area contributed by atoms with Gasteiger partial charge in [-0.2, -0.15) is 5.10 Å². The molecule has 34 heavy (non-hydrogen) atoms. The average Bonchev–Trinajstić information content (AvgIpc) is 2.83. The van der Waals surface area contributed by atoms with Crippen LogP contribution in [-0.2, 0) is 11.4 Å². The van der Waals surface area contributed by atoms with Crippen LogP contribution in [0.2, 0.25) is 0 Å². The van der Waals surface area contributed by atoms with E-state index in [0.717, 1.165) is 41.0 Å². The molecule has 5 nitrogen and oxygen atoms in total. The van der Waals surface area contributed by atoms with Crippen LogP contribution >= 0.6 is 47.8 Å². The van der Waals surface area contributed by atoms with E-state index in [1.165, 1.54) is 0 Å². The molecule has 0 saturated heterocycles. The van der Waals surface area contributed by atoms with E-state index in [1.54, 1.807) is 6.21 Å². The van der Waals surface area contributed by atoms with Crippen LogP contribution in [0, 0.1) is 0 Å². The van der Waals surface area contributed by atoms with E-state index in [0.29, 0.717) is 12.4 Å². The third kappa shape index (κ3) is 6.46. The number of benzene rings is 4. The highest BCUT2D eigenvalue weighted by Crippen LogP contribution is 2.35. The molecule has 2 N–H and O–H groups in total.